The minimum Gasteiger partial charge on any atom is -0.493 e. The normalized spacial score (nSPS) is 11.4. The molecular formula is C11H14N5O+. The number of hydrogen-bond donors (Lipinski definition) is 4. The van der Waals surface area contributed by atoms with E-state index in [0.29, 0.717) is 5.69 Å². The largest absolute Gasteiger partial charge is 0.493 e. The lowest BCUT2D eigenvalue weighted by atomic mass is 10.1. The van der Waals surface area contributed by atoms with Gasteiger partial charge in [0.15, 0.2) is 5.69 Å². The number of azo groups is 1. The molecule has 0 aliphatic rings. The van der Waals surface area contributed by atoms with E-state index in [1.165, 1.54) is 0 Å². The molecule has 2 rings (SSSR count). The van der Waals surface area contributed by atoms with E-state index in [2.05, 4.69) is 22.1 Å². The van der Waals surface area contributed by atoms with Crippen molar-refractivity contribution in [3.8, 4) is 5.88 Å². The first-order valence-electron chi connectivity index (χ1n) is 5.25. The summed E-state index contributed by atoms with van der Waals surface area (Å²) in [6, 6.07) is 5.83. The van der Waals surface area contributed by atoms with E-state index in [9.17, 15) is 5.11 Å². The quantitative estimate of drug-likeness (QED) is 0.345. The molecule has 1 aromatic heterocycles. The fraction of sp³-hybridized carbons (Fsp3) is 0.182. The summed E-state index contributed by atoms with van der Waals surface area (Å²) in [6.07, 6.45) is 0.906. The maximum atomic E-state index is 9.71. The first-order chi connectivity index (χ1) is 8.11. The van der Waals surface area contributed by atoms with Crippen LogP contribution in [-0.2, 0) is 6.42 Å². The van der Waals surface area contributed by atoms with E-state index in [4.69, 9.17) is 11.1 Å². The Morgan fingerprint density at radius 1 is 1.53 bits per heavy atom. The third-order valence-corrected chi connectivity index (χ3v) is 2.49. The third kappa shape index (κ3) is 2.10. The van der Waals surface area contributed by atoms with E-state index >= 15 is 0 Å². The van der Waals surface area contributed by atoms with E-state index in [1.54, 1.807) is 0 Å². The molecule has 0 fully saturated rings. The van der Waals surface area contributed by atoms with Crippen LogP contribution in [0.15, 0.2) is 28.4 Å². The fourth-order valence-corrected chi connectivity index (χ4v) is 1.64. The molecule has 6 N–H and O–H groups in total. The van der Waals surface area contributed by atoms with Gasteiger partial charge in [-0.2, -0.15) is 0 Å². The molecule has 0 bridgehead atoms. The number of nitrogens with two attached hydrogens (primary N) is 2. The first-order valence-corrected chi connectivity index (χ1v) is 5.25. The number of aromatic amines is 1. The summed E-state index contributed by atoms with van der Waals surface area (Å²) in [7, 11) is 0. The lowest BCUT2D eigenvalue weighted by Crippen LogP contribution is -2.43. The highest BCUT2D eigenvalue weighted by atomic mass is 16.3. The predicted molar refractivity (Wildman–Crippen MR) is 65.0 cm³/mol. The maximum Gasteiger partial charge on any atom is 0.403 e. The monoisotopic (exact) mass is 232 g/mol. The zero-order chi connectivity index (χ0) is 12.4. The van der Waals surface area contributed by atoms with Gasteiger partial charge in [0, 0.05) is 10.5 Å². The Labute approximate surface area is 97.7 Å². The van der Waals surface area contributed by atoms with Crippen molar-refractivity contribution in [3.63, 3.8) is 0 Å². The molecule has 17 heavy (non-hydrogen) atoms. The van der Waals surface area contributed by atoms with E-state index in [0.717, 1.165) is 22.9 Å². The summed E-state index contributed by atoms with van der Waals surface area (Å²) in [5.74, 6) is -0.191. The van der Waals surface area contributed by atoms with Crippen LogP contribution in [0.3, 0.4) is 0 Å². The summed E-state index contributed by atoms with van der Waals surface area (Å²) in [6.45, 7) is 2.06. The number of rotatable bonds is 2. The Morgan fingerprint density at radius 3 is 2.94 bits per heavy atom. The zero-order valence-corrected chi connectivity index (χ0v) is 9.44. The van der Waals surface area contributed by atoms with E-state index < -0.39 is 0 Å². The Bertz CT molecular complexity index is 599. The van der Waals surface area contributed by atoms with Gasteiger partial charge in [0.1, 0.15) is 0 Å². The van der Waals surface area contributed by atoms with Crippen molar-refractivity contribution in [2.75, 3.05) is 0 Å². The molecular weight excluding hydrogens is 218 g/mol. The molecule has 2 aromatic rings. The SMILES string of the molecule is CCc1ccc2[nH]c(O)c(N=NC(N)=[NH2+])c2c1. The minimum atomic E-state index is -0.148. The van der Waals surface area contributed by atoms with E-state index in [1.807, 2.05) is 18.2 Å². The lowest BCUT2D eigenvalue weighted by Gasteiger charge is -1.95. The molecule has 6 nitrogen and oxygen atoms in total. The van der Waals surface area contributed by atoms with Gasteiger partial charge < -0.3 is 10.1 Å². The molecule has 0 atom stereocenters. The standard InChI is InChI=1S/C11H13N5O/c1-2-6-3-4-8-7(5-6)9(10(17)14-8)15-16-11(12)13/h3-5,14,17H,2H2,1H3,(H3,12,13)/p+1. The van der Waals surface area contributed by atoms with E-state index in [-0.39, 0.29) is 11.8 Å². The second-order valence-corrected chi connectivity index (χ2v) is 3.68. The van der Waals surface area contributed by atoms with Gasteiger partial charge in [0.2, 0.25) is 5.88 Å². The van der Waals surface area contributed by atoms with Crippen molar-refractivity contribution in [1.82, 2.24) is 4.98 Å². The number of aromatic hydroxyl groups is 1. The number of guanidine groups is 1. The van der Waals surface area contributed by atoms with Crippen LogP contribution in [0.2, 0.25) is 0 Å². The van der Waals surface area contributed by atoms with Crippen LogP contribution in [0, 0.1) is 0 Å². The summed E-state index contributed by atoms with van der Waals surface area (Å²) in [5, 5.41) is 23.1. The van der Waals surface area contributed by atoms with Gasteiger partial charge in [-0.3, -0.25) is 11.1 Å². The molecule has 6 heteroatoms. The summed E-state index contributed by atoms with van der Waals surface area (Å²) in [4.78, 5) is 2.81. The number of aryl methyl sites for hydroxylation is 1. The molecule has 0 spiro atoms. The van der Waals surface area contributed by atoms with Crippen LogP contribution in [-0.4, -0.2) is 16.1 Å². The van der Waals surface area contributed by atoms with Crippen LogP contribution in [0.5, 0.6) is 5.88 Å². The van der Waals surface area contributed by atoms with Crippen LogP contribution in [0.25, 0.3) is 10.9 Å². The molecule has 88 valence electrons. The van der Waals surface area contributed by atoms with Gasteiger partial charge in [-0.1, -0.05) is 18.1 Å². The van der Waals surface area contributed by atoms with Crippen molar-refractivity contribution in [3.05, 3.63) is 23.8 Å². The number of nitrogens with one attached hydrogen (secondary N) is 1. The molecule has 0 radical (unpaired) electrons. The molecule has 0 unspecified atom stereocenters. The smallest absolute Gasteiger partial charge is 0.403 e. The number of hydrogen-bond acceptors (Lipinski definition) is 2. The fourth-order valence-electron chi connectivity index (χ4n) is 1.64. The van der Waals surface area contributed by atoms with Crippen LogP contribution in [0.4, 0.5) is 5.69 Å². The molecule has 0 amide bonds. The lowest BCUT2D eigenvalue weighted by molar-refractivity contribution is -0.117. The van der Waals surface area contributed by atoms with Crippen molar-refractivity contribution >= 4 is 22.5 Å². The third-order valence-electron chi connectivity index (χ3n) is 2.49. The average molecular weight is 232 g/mol. The summed E-state index contributed by atoms with van der Waals surface area (Å²) >= 11 is 0. The number of nitrogens with zero attached hydrogens (tertiary/aromatic N) is 2. The number of fused-ring (bicyclic) bond motifs is 1. The van der Waals surface area contributed by atoms with Crippen LogP contribution in [0.1, 0.15) is 12.5 Å². The highest BCUT2D eigenvalue weighted by molar-refractivity contribution is 5.94. The highest BCUT2D eigenvalue weighted by Crippen LogP contribution is 2.35. The molecule has 0 saturated carbocycles. The van der Waals surface area contributed by atoms with Crippen LogP contribution >= 0.6 is 0 Å². The minimum absolute atomic E-state index is 0.0433. The molecule has 0 aliphatic carbocycles. The number of benzene rings is 1. The Hall–Kier alpha value is -2.37. The predicted octanol–water partition coefficient (Wildman–Crippen LogP) is 0.593. The molecule has 0 saturated heterocycles. The van der Waals surface area contributed by atoms with Crippen molar-refractivity contribution in [1.29, 1.82) is 0 Å². The van der Waals surface area contributed by atoms with Gasteiger partial charge in [-0.05, 0) is 24.1 Å². The molecule has 0 aliphatic heterocycles. The molecule has 1 heterocycles. The molecule has 1 aromatic carbocycles. The average Bonchev–Trinajstić information content (AvgIpc) is 2.61. The number of aromatic nitrogens is 1. The maximum absolute atomic E-state index is 9.71. The summed E-state index contributed by atoms with van der Waals surface area (Å²) < 4.78 is 0. The highest BCUT2D eigenvalue weighted by Gasteiger charge is 2.12. The van der Waals surface area contributed by atoms with Gasteiger partial charge >= 0.3 is 5.96 Å². The second kappa shape index (κ2) is 4.25. The Kier molecular flexibility index (Phi) is 2.78. The topological polar surface area (TPSA) is 112 Å². The van der Waals surface area contributed by atoms with Gasteiger partial charge in [0.25, 0.3) is 0 Å². The first kappa shape index (κ1) is 11.1. The Morgan fingerprint density at radius 2 is 2.29 bits per heavy atom. The van der Waals surface area contributed by atoms with Crippen LogP contribution < -0.4 is 11.1 Å². The van der Waals surface area contributed by atoms with Crippen molar-refractivity contribution in [2.45, 2.75) is 13.3 Å². The summed E-state index contributed by atoms with van der Waals surface area (Å²) in [5.41, 5.74) is 7.50. The van der Waals surface area contributed by atoms with Crippen molar-refractivity contribution < 1.29 is 10.5 Å². The van der Waals surface area contributed by atoms with Gasteiger partial charge in [-0.15, -0.1) is 0 Å². The van der Waals surface area contributed by atoms with Gasteiger partial charge in [0.05, 0.1) is 5.52 Å². The second-order valence-electron chi connectivity index (χ2n) is 3.68. The van der Waals surface area contributed by atoms with Crippen molar-refractivity contribution in [2.24, 2.45) is 16.0 Å². The van der Waals surface area contributed by atoms with Gasteiger partial charge in [-0.25, -0.2) is 0 Å². The zero-order valence-electron chi connectivity index (χ0n) is 9.44. The number of H-pyrrole nitrogens is 1. The Balaban J connectivity index is 2.60.